The third kappa shape index (κ3) is 3.05. The average molecular weight is 413 g/mol. The Hall–Kier alpha value is -1.85. The number of fused-ring (bicyclic) bond motifs is 3. The van der Waals surface area contributed by atoms with Crippen molar-refractivity contribution in [2.75, 3.05) is 36.0 Å². The van der Waals surface area contributed by atoms with Crippen molar-refractivity contribution in [1.29, 1.82) is 0 Å². The molecule has 1 fully saturated rings. The number of halogens is 1. The summed E-state index contributed by atoms with van der Waals surface area (Å²) in [5.74, 6) is 1.05. The standard InChI is InChI=1S/C22H25ClN4S/c1-14-6-5-8-17(15(14)2)26-10-12-27(13-11-26)20-19-16-7-3-4-9-18(16)28-21(19)25-22(23)24-20/h5-6,8H,3-4,7,9-13H2,1-2H3. The number of aryl methyl sites for hydroxylation is 3. The second-order valence-electron chi connectivity index (χ2n) is 7.90. The van der Waals surface area contributed by atoms with Gasteiger partial charge in [0.15, 0.2) is 0 Å². The van der Waals surface area contributed by atoms with Gasteiger partial charge in [0.1, 0.15) is 10.6 Å². The Labute approximate surface area is 175 Å². The molecule has 0 unspecified atom stereocenters. The van der Waals surface area contributed by atoms with E-state index in [0.29, 0.717) is 5.28 Å². The van der Waals surface area contributed by atoms with Crippen molar-refractivity contribution in [1.82, 2.24) is 9.97 Å². The minimum Gasteiger partial charge on any atom is -0.368 e. The molecule has 2 aromatic heterocycles. The van der Waals surface area contributed by atoms with Gasteiger partial charge in [0.2, 0.25) is 5.28 Å². The quantitative estimate of drug-likeness (QED) is 0.543. The zero-order valence-corrected chi connectivity index (χ0v) is 18.0. The summed E-state index contributed by atoms with van der Waals surface area (Å²) in [5.41, 5.74) is 5.58. The lowest BCUT2D eigenvalue weighted by atomic mass is 9.97. The van der Waals surface area contributed by atoms with E-state index in [-0.39, 0.29) is 0 Å². The molecule has 28 heavy (non-hydrogen) atoms. The highest BCUT2D eigenvalue weighted by atomic mass is 35.5. The maximum absolute atomic E-state index is 6.32. The maximum atomic E-state index is 6.32. The molecule has 0 spiro atoms. The van der Waals surface area contributed by atoms with Gasteiger partial charge in [-0.2, -0.15) is 4.98 Å². The van der Waals surface area contributed by atoms with Crippen LogP contribution in [0.3, 0.4) is 0 Å². The molecule has 0 saturated carbocycles. The lowest BCUT2D eigenvalue weighted by Gasteiger charge is -2.38. The van der Waals surface area contributed by atoms with E-state index in [9.17, 15) is 0 Å². The highest BCUT2D eigenvalue weighted by Gasteiger charge is 2.26. The van der Waals surface area contributed by atoms with Crippen LogP contribution in [0.15, 0.2) is 18.2 Å². The van der Waals surface area contributed by atoms with Crippen LogP contribution < -0.4 is 9.80 Å². The van der Waals surface area contributed by atoms with Gasteiger partial charge in [0.25, 0.3) is 0 Å². The summed E-state index contributed by atoms with van der Waals surface area (Å²) >= 11 is 8.14. The summed E-state index contributed by atoms with van der Waals surface area (Å²) in [4.78, 5) is 16.7. The summed E-state index contributed by atoms with van der Waals surface area (Å²) in [7, 11) is 0. The Morgan fingerprint density at radius 1 is 0.964 bits per heavy atom. The summed E-state index contributed by atoms with van der Waals surface area (Å²) in [6.07, 6.45) is 4.87. The maximum Gasteiger partial charge on any atom is 0.225 e. The van der Waals surface area contributed by atoms with Crippen molar-refractivity contribution in [2.45, 2.75) is 39.5 Å². The lowest BCUT2D eigenvalue weighted by Crippen LogP contribution is -2.47. The largest absolute Gasteiger partial charge is 0.368 e. The molecule has 1 aliphatic heterocycles. The molecule has 0 amide bonds. The van der Waals surface area contributed by atoms with E-state index in [2.05, 4.69) is 46.8 Å². The van der Waals surface area contributed by atoms with Crippen molar-refractivity contribution in [3.8, 4) is 0 Å². The minimum absolute atomic E-state index is 0.373. The van der Waals surface area contributed by atoms with Crippen LogP contribution >= 0.6 is 22.9 Å². The van der Waals surface area contributed by atoms with E-state index in [0.717, 1.165) is 43.2 Å². The van der Waals surface area contributed by atoms with Gasteiger partial charge in [-0.1, -0.05) is 12.1 Å². The van der Waals surface area contributed by atoms with Gasteiger partial charge < -0.3 is 9.80 Å². The van der Waals surface area contributed by atoms with Crippen LogP contribution in [0.2, 0.25) is 5.28 Å². The van der Waals surface area contributed by atoms with Gasteiger partial charge >= 0.3 is 0 Å². The van der Waals surface area contributed by atoms with Crippen LogP contribution in [-0.2, 0) is 12.8 Å². The van der Waals surface area contributed by atoms with Gasteiger partial charge in [0.05, 0.1) is 5.39 Å². The number of anilines is 2. The molecule has 6 heteroatoms. The Morgan fingerprint density at radius 3 is 2.54 bits per heavy atom. The Balaban J connectivity index is 1.46. The number of aromatic nitrogens is 2. The van der Waals surface area contributed by atoms with Crippen molar-refractivity contribution >= 4 is 44.7 Å². The van der Waals surface area contributed by atoms with Crippen LogP contribution in [0.4, 0.5) is 11.5 Å². The molecule has 5 rings (SSSR count). The van der Waals surface area contributed by atoms with Gasteiger partial charge in [-0.25, -0.2) is 4.98 Å². The number of piperazine rings is 1. The third-order valence-corrected chi connectivity index (χ3v) is 7.62. The summed E-state index contributed by atoms with van der Waals surface area (Å²) in [6, 6.07) is 6.59. The molecule has 3 heterocycles. The first-order chi connectivity index (χ1) is 13.6. The molecule has 0 N–H and O–H groups in total. The molecule has 0 radical (unpaired) electrons. The van der Waals surface area contributed by atoms with Crippen molar-refractivity contribution < 1.29 is 0 Å². The summed E-state index contributed by atoms with van der Waals surface area (Å²) < 4.78 is 0. The topological polar surface area (TPSA) is 32.3 Å². The van der Waals surface area contributed by atoms with Crippen molar-refractivity contribution in [2.24, 2.45) is 0 Å². The Kier molecular flexibility index (Phi) is 4.68. The minimum atomic E-state index is 0.373. The van der Waals surface area contributed by atoms with E-state index in [1.165, 1.54) is 51.9 Å². The molecule has 3 aromatic rings. The van der Waals surface area contributed by atoms with E-state index in [4.69, 9.17) is 16.6 Å². The van der Waals surface area contributed by atoms with Gasteiger partial charge in [-0.05, 0) is 73.9 Å². The molecular weight excluding hydrogens is 388 g/mol. The Morgan fingerprint density at radius 2 is 1.71 bits per heavy atom. The SMILES string of the molecule is Cc1cccc(N2CCN(c3nc(Cl)nc4sc5c(c34)CCCC5)CC2)c1C. The zero-order chi connectivity index (χ0) is 19.3. The fourth-order valence-corrected chi connectivity index (χ4v) is 6.05. The monoisotopic (exact) mass is 412 g/mol. The fourth-order valence-electron chi connectivity index (χ4n) is 4.58. The molecular formula is C22H25ClN4S. The molecule has 1 aliphatic carbocycles. The lowest BCUT2D eigenvalue weighted by molar-refractivity contribution is 0.647. The van der Waals surface area contributed by atoms with Crippen LogP contribution in [0, 0.1) is 13.8 Å². The van der Waals surface area contributed by atoms with Gasteiger partial charge in [-0.3, -0.25) is 0 Å². The number of thiophene rings is 1. The van der Waals surface area contributed by atoms with E-state index in [1.54, 1.807) is 0 Å². The molecule has 0 atom stereocenters. The molecule has 0 bridgehead atoms. The van der Waals surface area contributed by atoms with Crippen LogP contribution in [0.5, 0.6) is 0 Å². The number of nitrogens with zero attached hydrogens (tertiary/aromatic N) is 4. The zero-order valence-electron chi connectivity index (χ0n) is 16.5. The first-order valence-corrected chi connectivity index (χ1v) is 11.3. The predicted octanol–water partition coefficient (Wildman–Crippen LogP) is 5.17. The third-order valence-electron chi connectivity index (χ3n) is 6.26. The first kappa shape index (κ1) is 18.2. The molecule has 2 aliphatic rings. The highest BCUT2D eigenvalue weighted by Crippen LogP contribution is 2.40. The molecule has 1 saturated heterocycles. The smallest absolute Gasteiger partial charge is 0.225 e. The van der Waals surface area contributed by atoms with Gasteiger partial charge in [0, 0.05) is 36.7 Å². The predicted molar refractivity (Wildman–Crippen MR) is 119 cm³/mol. The van der Waals surface area contributed by atoms with E-state index >= 15 is 0 Å². The number of hydrogen-bond donors (Lipinski definition) is 0. The average Bonchev–Trinajstić information content (AvgIpc) is 3.08. The molecule has 1 aromatic carbocycles. The number of benzene rings is 1. The highest BCUT2D eigenvalue weighted by molar-refractivity contribution is 7.19. The van der Waals surface area contributed by atoms with Crippen LogP contribution in [-0.4, -0.2) is 36.1 Å². The number of hydrogen-bond acceptors (Lipinski definition) is 5. The summed E-state index contributed by atoms with van der Waals surface area (Å²) in [6.45, 7) is 8.33. The van der Waals surface area contributed by atoms with Crippen LogP contribution in [0.25, 0.3) is 10.2 Å². The first-order valence-electron chi connectivity index (χ1n) is 10.2. The molecule has 4 nitrogen and oxygen atoms in total. The summed E-state index contributed by atoms with van der Waals surface area (Å²) in [5, 5.41) is 1.64. The normalized spacial score (nSPS) is 17.2. The van der Waals surface area contributed by atoms with Crippen molar-refractivity contribution in [3.63, 3.8) is 0 Å². The van der Waals surface area contributed by atoms with Crippen LogP contribution in [0.1, 0.15) is 34.4 Å². The number of rotatable bonds is 2. The molecule has 146 valence electrons. The second kappa shape index (κ2) is 7.20. The van der Waals surface area contributed by atoms with E-state index in [1.807, 2.05) is 11.3 Å². The van der Waals surface area contributed by atoms with Gasteiger partial charge in [-0.15, -0.1) is 11.3 Å². The second-order valence-corrected chi connectivity index (χ2v) is 9.32. The fraction of sp³-hybridized carbons (Fsp3) is 0.455. The Bertz CT molecular complexity index is 1040. The van der Waals surface area contributed by atoms with E-state index < -0.39 is 0 Å². The van der Waals surface area contributed by atoms with Crippen molar-refractivity contribution in [3.05, 3.63) is 45.1 Å².